The van der Waals surface area contributed by atoms with Crippen molar-refractivity contribution < 1.29 is 9.13 Å². The maximum atomic E-state index is 14.1. The predicted octanol–water partition coefficient (Wildman–Crippen LogP) is 1.20. The summed E-state index contributed by atoms with van der Waals surface area (Å²) in [5.74, 6) is -0.157. The zero-order valence-electron chi connectivity index (χ0n) is 11.7. The van der Waals surface area contributed by atoms with Crippen LogP contribution in [0, 0.1) is 5.82 Å². The molecule has 1 atom stereocenters. The Labute approximate surface area is 119 Å². The first-order valence-electron chi connectivity index (χ1n) is 7.34. The Bertz CT molecular complexity index is 462. The molecule has 2 saturated heterocycles. The number of benzene rings is 1. The van der Waals surface area contributed by atoms with Gasteiger partial charge in [-0.05, 0) is 18.1 Å². The fourth-order valence-corrected chi connectivity index (χ4v) is 3.26. The minimum atomic E-state index is -0.157. The Morgan fingerprint density at radius 3 is 2.80 bits per heavy atom. The number of ether oxygens (including phenoxy) is 1. The van der Waals surface area contributed by atoms with Gasteiger partial charge in [-0.15, -0.1) is 0 Å². The average Bonchev–Trinajstić information content (AvgIpc) is 2.97. The van der Waals surface area contributed by atoms with E-state index in [2.05, 4.69) is 9.80 Å². The van der Waals surface area contributed by atoms with Crippen LogP contribution in [0.1, 0.15) is 12.0 Å². The number of nitrogens with zero attached hydrogens (tertiary/aromatic N) is 2. The first kappa shape index (κ1) is 13.8. The predicted molar refractivity (Wildman–Crippen MR) is 77.3 cm³/mol. The number of halogens is 1. The van der Waals surface area contributed by atoms with E-state index in [1.54, 1.807) is 6.07 Å². The lowest BCUT2D eigenvalue weighted by molar-refractivity contribution is 0.0209. The molecule has 2 fully saturated rings. The Hall–Kier alpha value is -1.17. The van der Waals surface area contributed by atoms with Gasteiger partial charge < -0.3 is 15.4 Å². The normalized spacial score (nSPS) is 24.3. The molecule has 0 aromatic heterocycles. The van der Waals surface area contributed by atoms with Gasteiger partial charge in [-0.25, -0.2) is 4.39 Å². The lowest BCUT2D eigenvalue weighted by atomic mass is 10.1. The molecule has 3 rings (SSSR count). The Balaban J connectivity index is 1.73. The third kappa shape index (κ3) is 2.66. The van der Waals surface area contributed by atoms with Gasteiger partial charge in [-0.3, -0.25) is 4.90 Å². The molecular weight excluding hydrogens is 257 g/mol. The third-order valence-corrected chi connectivity index (χ3v) is 4.33. The molecule has 2 aliphatic heterocycles. The van der Waals surface area contributed by atoms with E-state index >= 15 is 0 Å². The van der Waals surface area contributed by atoms with Crippen molar-refractivity contribution in [1.29, 1.82) is 0 Å². The van der Waals surface area contributed by atoms with Gasteiger partial charge in [0, 0.05) is 38.8 Å². The molecule has 0 spiro atoms. The quantitative estimate of drug-likeness (QED) is 0.902. The van der Waals surface area contributed by atoms with Crippen LogP contribution in [0.3, 0.4) is 0 Å². The Morgan fingerprint density at radius 2 is 2.05 bits per heavy atom. The number of hydrogen-bond acceptors (Lipinski definition) is 4. The number of rotatable bonds is 3. The number of nitrogens with two attached hydrogens (primary N) is 1. The first-order valence-corrected chi connectivity index (χ1v) is 7.34. The van der Waals surface area contributed by atoms with Crippen LogP contribution in [0.25, 0.3) is 0 Å². The molecule has 0 amide bonds. The minimum absolute atomic E-state index is 0.157. The Morgan fingerprint density at radius 1 is 1.25 bits per heavy atom. The maximum Gasteiger partial charge on any atom is 0.146 e. The monoisotopic (exact) mass is 279 g/mol. The van der Waals surface area contributed by atoms with Crippen molar-refractivity contribution in [3.63, 3.8) is 0 Å². The van der Waals surface area contributed by atoms with E-state index in [0.717, 1.165) is 51.4 Å². The summed E-state index contributed by atoms with van der Waals surface area (Å²) in [7, 11) is 0. The van der Waals surface area contributed by atoms with Crippen molar-refractivity contribution in [3.05, 3.63) is 29.6 Å². The molecule has 0 bridgehead atoms. The van der Waals surface area contributed by atoms with Gasteiger partial charge >= 0.3 is 0 Å². The smallest absolute Gasteiger partial charge is 0.146 e. The molecule has 2 aliphatic rings. The van der Waals surface area contributed by atoms with E-state index in [1.165, 1.54) is 6.07 Å². The van der Waals surface area contributed by atoms with Gasteiger partial charge in [0.05, 0.1) is 18.9 Å². The summed E-state index contributed by atoms with van der Waals surface area (Å²) in [6, 6.07) is 5.68. The molecule has 2 N–H and O–H groups in total. The number of anilines is 1. The highest BCUT2D eigenvalue weighted by Crippen LogP contribution is 2.29. The second kappa shape index (κ2) is 6.08. The van der Waals surface area contributed by atoms with Gasteiger partial charge in [-0.1, -0.05) is 12.1 Å². The molecule has 20 heavy (non-hydrogen) atoms. The summed E-state index contributed by atoms with van der Waals surface area (Å²) in [5.41, 5.74) is 7.34. The topological polar surface area (TPSA) is 41.7 Å². The lowest BCUT2D eigenvalue weighted by Gasteiger charge is -2.32. The van der Waals surface area contributed by atoms with E-state index in [1.807, 2.05) is 6.07 Å². The van der Waals surface area contributed by atoms with Crippen molar-refractivity contribution in [2.45, 2.75) is 19.0 Å². The van der Waals surface area contributed by atoms with Crippen LogP contribution in [0.2, 0.25) is 0 Å². The van der Waals surface area contributed by atoms with Crippen LogP contribution in [-0.2, 0) is 11.3 Å². The zero-order chi connectivity index (χ0) is 13.9. The largest absolute Gasteiger partial charge is 0.379 e. The molecule has 0 saturated carbocycles. The van der Waals surface area contributed by atoms with E-state index in [-0.39, 0.29) is 5.82 Å². The summed E-state index contributed by atoms with van der Waals surface area (Å²) in [5, 5.41) is 0. The van der Waals surface area contributed by atoms with Crippen LogP contribution in [0.5, 0.6) is 0 Å². The van der Waals surface area contributed by atoms with Crippen molar-refractivity contribution in [2.75, 3.05) is 44.3 Å². The molecule has 1 unspecified atom stereocenters. The van der Waals surface area contributed by atoms with Crippen LogP contribution >= 0.6 is 0 Å². The molecule has 1 aromatic carbocycles. The number of para-hydroxylation sites is 1. The van der Waals surface area contributed by atoms with Gasteiger partial charge in [-0.2, -0.15) is 0 Å². The van der Waals surface area contributed by atoms with E-state index in [0.29, 0.717) is 18.3 Å². The highest BCUT2D eigenvalue weighted by atomic mass is 19.1. The van der Waals surface area contributed by atoms with E-state index in [4.69, 9.17) is 10.5 Å². The van der Waals surface area contributed by atoms with Crippen molar-refractivity contribution in [3.8, 4) is 0 Å². The van der Waals surface area contributed by atoms with Gasteiger partial charge in [0.25, 0.3) is 0 Å². The third-order valence-electron chi connectivity index (χ3n) is 4.33. The van der Waals surface area contributed by atoms with Crippen molar-refractivity contribution in [1.82, 2.24) is 4.90 Å². The molecule has 4 nitrogen and oxygen atoms in total. The van der Waals surface area contributed by atoms with E-state index < -0.39 is 0 Å². The van der Waals surface area contributed by atoms with Crippen molar-refractivity contribution in [2.24, 2.45) is 5.73 Å². The summed E-state index contributed by atoms with van der Waals surface area (Å²) >= 11 is 0. The number of hydrogen-bond donors (Lipinski definition) is 1. The molecule has 1 aromatic rings. The Kier molecular flexibility index (Phi) is 4.19. The van der Waals surface area contributed by atoms with E-state index in [9.17, 15) is 4.39 Å². The summed E-state index contributed by atoms with van der Waals surface area (Å²) in [4.78, 5) is 4.62. The second-order valence-corrected chi connectivity index (χ2v) is 5.49. The van der Waals surface area contributed by atoms with Crippen LogP contribution < -0.4 is 10.6 Å². The molecule has 110 valence electrons. The summed E-state index contributed by atoms with van der Waals surface area (Å²) in [6.45, 7) is 5.75. The maximum absolute atomic E-state index is 14.1. The second-order valence-electron chi connectivity index (χ2n) is 5.49. The standard InChI is InChI=1S/C15H22FN3O/c16-14-3-1-2-12(10-17)15(14)19-5-4-13(11-19)18-6-8-20-9-7-18/h1-3,13H,4-11,17H2. The van der Waals surface area contributed by atoms with Gasteiger partial charge in [0.2, 0.25) is 0 Å². The van der Waals surface area contributed by atoms with Crippen LogP contribution in [0.15, 0.2) is 18.2 Å². The number of morpholine rings is 1. The molecule has 5 heteroatoms. The zero-order valence-corrected chi connectivity index (χ0v) is 11.7. The fraction of sp³-hybridized carbons (Fsp3) is 0.600. The molecule has 0 radical (unpaired) electrons. The van der Waals surface area contributed by atoms with Crippen LogP contribution in [-0.4, -0.2) is 50.3 Å². The van der Waals surface area contributed by atoms with Gasteiger partial charge in [0.15, 0.2) is 0 Å². The average molecular weight is 279 g/mol. The molecule has 2 heterocycles. The molecular formula is C15H22FN3O. The SMILES string of the molecule is NCc1cccc(F)c1N1CCC(N2CCOCC2)C1. The lowest BCUT2D eigenvalue weighted by Crippen LogP contribution is -2.44. The minimum Gasteiger partial charge on any atom is -0.379 e. The van der Waals surface area contributed by atoms with Crippen molar-refractivity contribution >= 4 is 5.69 Å². The highest BCUT2D eigenvalue weighted by molar-refractivity contribution is 5.55. The summed E-state index contributed by atoms with van der Waals surface area (Å²) in [6.07, 6.45) is 1.08. The molecule has 0 aliphatic carbocycles. The highest BCUT2D eigenvalue weighted by Gasteiger charge is 2.30. The first-order chi connectivity index (χ1) is 9.79. The fourth-order valence-electron chi connectivity index (χ4n) is 3.26. The van der Waals surface area contributed by atoms with Crippen LogP contribution in [0.4, 0.5) is 10.1 Å². The summed E-state index contributed by atoms with van der Waals surface area (Å²) < 4.78 is 19.5. The van der Waals surface area contributed by atoms with Gasteiger partial charge in [0.1, 0.15) is 5.82 Å².